The quantitative estimate of drug-likeness (QED) is 0.804. The zero-order valence-electron chi connectivity index (χ0n) is 11.9. The van der Waals surface area contributed by atoms with Gasteiger partial charge in [-0.15, -0.1) is 0 Å². The van der Waals surface area contributed by atoms with Gasteiger partial charge in [0.2, 0.25) is 5.91 Å². The van der Waals surface area contributed by atoms with Gasteiger partial charge in [-0.2, -0.15) is 0 Å². The molecule has 4 heteroatoms. The van der Waals surface area contributed by atoms with Crippen LogP contribution in [0.4, 0.5) is 0 Å². The molecule has 0 heterocycles. The number of hydrogen-bond donors (Lipinski definition) is 2. The van der Waals surface area contributed by atoms with E-state index in [1.807, 2.05) is 42.5 Å². The SMILES string of the molecule is CC(C)(CNC(=O)CC/C=C/c1ccccc1)C(=O)O. The molecule has 1 rings (SSSR count). The summed E-state index contributed by atoms with van der Waals surface area (Å²) in [6, 6.07) is 9.85. The van der Waals surface area contributed by atoms with Gasteiger partial charge in [-0.1, -0.05) is 42.5 Å². The van der Waals surface area contributed by atoms with Crippen LogP contribution in [-0.4, -0.2) is 23.5 Å². The molecule has 1 amide bonds. The summed E-state index contributed by atoms with van der Waals surface area (Å²) in [4.78, 5) is 22.5. The molecule has 0 spiro atoms. The fourth-order valence-electron chi connectivity index (χ4n) is 1.48. The van der Waals surface area contributed by atoms with Crippen molar-refractivity contribution < 1.29 is 14.7 Å². The molecule has 0 aromatic heterocycles. The Morgan fingerprint density at radius 2 is 1.90 bits per heavy atom. The van der Waals surface area contributed by atoms with Crippen molar-refractivity contribution in [1.29, 1.82) is 0 Å². The van der Waals surface area contributed by atoms with Crippen LogP contribution in [0.25, 0.3) is 6.08 Å². The van der Waals surface area contributed by atoms with Crippen molar-refractivity contribution in [2.45, 2.75) is 26.7 Å². The van der Waals surface area contributed by atoms with E-state index in [0.29, 0.717) is 12.8 Å². The third-order valence-corrected chi connectivity index (χ3v) is 2.95. The number of benzene rings is 1. The zero-order chi connectivity index (χ0) is 15.0. The Hall–Kier alpha value is -2.10. The van der Waals surface area contributed by atoms with Gasteiger partial charge >= 0.3 is 5.97 Å². The first-order chi connectivity index (χ1) is 9.42. The highest BCUT2D eigenvalue weighted by atomic mass is 16.4. The topological polar surface area (TPSA) is 66.4 Å². The Bertz CT molecular complexity index is 478. The maximum Gasteiger partial charge on any atom is 0.310 e. The number of carboxylic acids is 1. The number of carboxylic acid groups (broad SMARTS) is 1. The van der Waals surface area contributed by atoms with E-state index >= 15 is 0 Å². The van der Waals surface area contributed by atoms with Crippen molar-refractivity contribution in [3.63, 3.8) is 0 Å². The Morgan fingerprint density at radius 3 is 2.50 bits per heavy atom. The van der Waals surface area contributed by atoms with E-state index in [4.69, 9.17) is 5.11 Å². The first-order valence-electron chi connectivity index (χ1n) is 6.63. The highest BCUT2D eigenvalue weighted by Gasteiger charge is 2.27. The summed E-state index contributed by atoms with van der Waals surface area (Å²) >= 11 is 0. The average Bonchev–Trinajstić information content (AvgIpc) is 2.42. The van der Waals surface area contributed by atoms with E-state index in [2.05, 4.69) is 5.32 Å². The van der Waals surface area contributed by atoms with Crippen molar-refractivity contribution >= 4 is 18.0 Å². The number of allylic oxidation sites excluding steroid dienone is 1. The summed E-state index contributed by atoms with van der Waals surface area (Å²) in [5.41, 5.74) is 0.162. The van der Waals surface area contributed by atoms with E-state index < -0.39 is 11.4 Å². The Morgan fingerprint density at radius 1 is 1.25 bits per heavy atom. The lowest BCUT2D eigenvalue weighted by Gasteiger charge is -2.19. The lowest BCUT2D eigenvalue weighted by Crippen LogP contribution is -2.38. The van der Waals surface area contributed by atoms with Crippen LogP contribution in [0.1, 0.15) is 32.3 Å². The predicted molar refractivity (Wildman–Crippen MR) is 79.1 cm³/mol. The van der Waals surface area contributed by atoms with E-state index in [1.165, 1.54) is 0 Å². The molecular weight excluding hydrogens is 254 g/mol. The second kappa shape index (κ2) is 7.48. The first-order valence-corrected chi connectivity index (χ1v) is 6.63. The normalized spacial score (nSPS) is 11.5. The maximum atomic E-state index is 11.6. The highest BCUT2D eigenvalue weighted by molar-refractivity contribution is 5.78. The molecule has 1 aromatic carbocycles. The molecule has 0 aliphatic carbocycles. The lowest BCUT2D eigenvalue weighted by atomic mass is 9.94. The molecule has 0 unspecified atom stereocenters. The highest BCUT2D eigenvalue weighted by Crippen LogP contribution is 2.13. The maximum absolute atomic E-state index is 11.6. The Balaban J connectivity index is 2.27. The Labute approximate surface area is 119 Å². The fraction of sp³-hybridized carbons (Fsp3) is 0.375. The molecule has 0 aliphatic heterocycles. The van der Waals surface area contributed by atoms with Gasteiger partial charge in [0.1, 0.15) is 0 Å². The molecule has 0 aliphatic rings. The van der Waals surface area contributed by atoms with Crippen LogP contribution in [0, 0.1) is 5.41 Å². The van der Waals surface area contributed by atoms with E-state index in [9.17, 15) is 9.59 Å². The van der Waals surface area contributed by atoms with Crippen molar-refractivity contribution in [3.05, 3.63) is 42.0 Å². The van der Waals surface area contributed by atoms with Crippen LogP contribution in [-0.2, 0) is 9.59 Å². The van der Waals surface area contributed by atoms with E-state index in [0.717, 1.165) is 5.56 Å². The van der Waals surface area contributed by atoms with Gasteiger partial charge in [-0.05, 0) is 25.8 Å². The fourth-order valence-corrected chi connectivity index (χ4v) is 1.48. The standard InChI is InChI=1S/C16H21NO3/c1-16(2,15(19)20)12-17-14(18)11-7-6-10-13-8-4-3-5-9-13/h3-6,8-10H,7,11-12H2,1-2H3,(H,17,18)(H,19,20)/b10-6+. The number of aliphatic carboxylic acids is 1. The van der Waals surface area contributed by atoms with Gasteiger partial charge in [0, 0.05) is 13.0 Å². The molecular formula is C16H21NO3. The summed E-state index contributed by atoms with van der Waals surface area (Å²) in [6.07, 6.45) is 4.90. The van der Waals surface area contributed by atoms with Crippen molar-refractivity contribution in [3.8, 4) is 0 Å². The van der Waals surface area contributed by atoms with Gasteiger partial charge < -0.3 is 10.4 Å². The van der Waals surface area contributed by atoms with Gasteiger partial charge in [-0.25, -0.2) is 0 Å². The number of carbonyl (C=O) groups is 2. The summed E-state index contributed by atoms with van der Waals surface area (Å²) < 4.78 is 0. The molecule has 0 fully saturated rings. The number of nitrogens with one attached hydrogen (secondary N) is 1. The van der Waals surface area contributed by atoms with Crippen molar-refractivity contribution in [2.24, 2.45) is 5.41 Å². The summed E-state index contributed by atoms with van der Waals surface area (Å²) in [5.74, 6) is -1.04. The van der Waals surface area contributed by atoms with E-state index in [-0.39, 0.29) is 12.5 Å². The van der Waals surface area contributed by atoms with Crippen LogP contribution in [0.2, 0.25) is 0 Å². The average molecular weight is 275 g/mol. The number of amides is 1. The third-order valence-electron chi connectivity index (χ3n) is 2.95. The largest absolute Gasteiger partial charge is 0.481 e. The molecule has 4 nitrogen and oxygen atoms in total. The van der Waals surface area contributed by atoms with Crippen LogP contribution >= 0.6 is 0 Å². The van der Waals surface area contributed by atoms with Crippen molar-refractivity contribution in [1.82, 2.24) is 5.32 Å². The number of rotatable bonds is 7. The lowest BCUT2D eigenvalue weighted by molar-refractivity contribution is -0.146. The molecule has 0 bridgehead atoms. The third kappa shape index (κ3) is 5.69. The minimum Gasteiger partial charge on any atom is -0.481 e. The second-order valence-corrected chi connectivity index (χ2v) is 5.32. The summed E-state index contributed by atoms with van der Waals surface area (Å²) in [7, 11) is 0. The minimum atomic E-state index is -0.935. The van der Waals surface area contributed by atoms with Crippen LogP contribution in [0.3, 0.4) is 0 Å². The van der Waals surface area contributed by atoms with Crippen molar-refractivity contribution in [2.75, 3.05) is 6.54 Å². The van der Waals surface area contributed by atoms with Crippen LogP contribution < -0.4 is 5.32 Å². The van der Waals surface area contributed by atoms with Crippen LogP contribution in [0.15, 0.2) is 36.4 Å². The molecule has 0 saturated carbocycles. The van der Waals surface area contributed by atoms with E-state index in [1.54, 1.807) is 13.8 Å². The van der Waals surface area contributed by atoms with Crippen LogP contribution in [0.5, 0.6) is 0 Å². The molecule has 20 heavy (non-hydrogen) atoms. The number of hydrogen-bond acceptors (Lipinski definition) is 2. The summed E-state index contributed by atoms with van der Waals surface area (Å²) in [6.45, 7) is 3.32. The molecule has 0 atom stereocenters. The monoisotopic (exact) mass is 275 g/mol. The minimum absolute atomic E-state index is 0.128. The Kier molecular flexibility index (Phi) is 5.97. The second-order valence-electron chi connectivity index (χ2n) is 5.32. The zero-order valence-corrected chi connectivity index (χ0v) is 11.9. The predicted octanol–water partition coefficient (Wildman–Crippen LogP) is 2.71. The van der Waals surface area contributed by atoms with Gasteiger partial charge in [-0.3, -0.25) is 9.59 Å². The smallest absolute Gasteiger partial charge is 0.310 e. The molecule has 2 N–H and O–H groups in total. The molecule has 1 aromatic rings. The van der Waals surface area contributed by atoms with Gasteiger partial charge in [0.15, 0.2) is 0 Å². The number of carbonyl (C=O) groups excluding carboxylic acids is 1. The van der Waals surface area contributed by atoms with Gasteiger partial charge in [0.25, 0.3) is 0 Å². The molecule has 0 radical (unpaired) electrons. The first kappa shape index (κ1) is 16.0. The molecule has 108 valence electrons. The van der Waals surface area contributed by atoms with Gasteiger partial charge in [0.05, 0.1) is 5.41 Å². The summed E-state index contributed by atoms with van der Waals surface area (Å²) in [5, 5.41) is 11.6. The molecule has 0 saturated heterocycles.